The van der Waals surface area contributed by atoms with Crippen LogP contribution in [0.25, 0.3) is 10.7 Å². The van der Waals surface area contributed by atoms with Crippen LogP contribution in [0.5, 0.6) is 0 Å². The highest BCUT2D eigenvalue weighted by atomic mass is 32.2. The van der Waals surface area contributed by atoms with Gasteiger partial charge in [0, 0.05) is 17.2 Å². The van der Waals surface area contributed by atoms with Crippen molar-refractivity contribution in [2.45, 2.75) is 41.3 Å². The molecule has 1 saturated heterocycles. The lowest BCUT2D eigenvalue weighted by Crippen LogP contribution is -2.18. The highest BCUT2D eigenvalue weighted by molar-refractivity contribution is 8.00. The van der Waals surface area contributed by atoms with Crippen molar-refractivity contribution in [1.82, 2.24) is 14.8 Å². The summed E-state index contributed by atoms with van der Waals surface area (Å²) in [6.45, 7) is 1.41. The van der Waals surface area contributed by atoms with E-state index in [0.29, 0.717) is 34.0 Å². The van der Waals surface area contributed by atoms with Crippen LogP contribution >= 0.6 is 34.9 Å². The highest BCUT2D eigenvalue weighted by Crippen LogP contribution is 2.29. The zero-order chi connectivity index (χ0) is 21.6. The Bertz CT molecular complexity index is 991. The van der Waals surface area contributed by atoms with Crippen molar-refractivity contribution in [3.05, 3.63) is 41.8 Å². The van der Waals surface area contributed by atoms with Crippen molar-refractivity contribution >= 4 is 46.5 Å². The molecule has 2 aromatic heterocycles. The fourth-order valence-electron chi connectivity index (χ4n) is 3.19. The molecule has 4 rings (SSSR count). The van der Waals surface area contributed by atoms with E-state index in [4.69, 9.17) is 4.74 Å². The number of benzene rings is 1. The molecule has 3 aromatic rings. The molecule has 11 heteroatoms. The molecule has 1 aliphatic rings. The van der Waals surface area contributed by atoms with Gasteiger partial charge in [-0.2, -0.15) is 8.78 Å². The highest BCUT2D eigenvalue weighted by Gasteiger charge is 2.22. The summed E-state index contributed by atoms with van der Waals surface area (Å²) >= 11 is 3.37. The number of alkyl halides is 2. The Kier molecular flexibility index (Phi) is 7.59. The van der Waals surface area contributed by atoms with Crippen molar-refractivity contribution in [2.24, 2.45) is 0 Å². The number of carbonyl (C=O) groups excluding carboxylic acids is 1. The number of nitrogens with zero attached hydrogens (tertiary/aromatic N) is 3. The minimum atomic E-state index is -2.47. The summed E-state index contributed by atoms with van der Waals surface area (Å²) in [5.41, 5.74) is 0.560. The average Bonchev–Trinajstić information content (AvgIpc) is 3.50. The number of thioether (sulfide) groups is 2. The maximum absolute atomic E-state index is 12.4. The molecular weight excluding hydrogens is 462 g/mol. The molecule has 1 atom stereocenters. The maximum atomic E-state index is 12.4. The fourth-order valence-corrected chi connectivity index (χ4v) is 5.15. The number of aromatic nitrogens is 3. The Balaban J connectivity index is 1.39. The Hall–Kier alpha value is -1.95. The van der Waals surface area contributed by atoms with Crippen LogP contribution in [0.15, 0.2) is 51.8 Å². The standard InChI is InChI=1S/C20H20F2N4O2S3/c21-19(22)31-15-7-5-13(6-8-15)23-17(27)12-30-20-25-24-18(16-4-2-10-29-16)26(20)11-14-3-1-9-28-14/h2,4-8,10,14,19H,1,3,9,11-12H2,(H,23,27)/t14-/m0/s1. The van der Waals surface area contributed by atoms with E-state index in [1.165, 1.54) is 11.8 Å². The molecule has 164 valence electrons. The van der Waals surface area contributed by atoms with E-state index in [1.54, 1.807) is 35.6 Å². The Morgan fingerprint density at radius 3 is 2.81 bits per heavy atom. The second-order valence-electron chi connectivity index (χ2n) is 6.77. The summed E-state index contributed by atoms with van der Waals surface area (Å²) in [5, 5.41) is 14.1. The second-order valence-corrected chi connectivity index (χ2v) is 9.72. The third kappa shape index (κ3) is 6.06. The molecule has 1 aliphatic heterocycles. The summed E-state index contributed by atoms with van der Waals surface area (Å²) < 4.78 is 32.6. The van der Waals surface area contributed by atoms with Crippen LogP contribution in [0.3, 0.4) is 0 Å². The normalized spacial score (nSPS) is 16.2. The number of hydrogen-bond donors (Lipinski definition) is 1. The molecule has 0 saturated carbocycles. The SMILES string of the molecule is O=C(CSc1nnc(-c2cccs2)n1C[C@@H]1CCCO1)Nc1ccc(SC(F)F)cc1. The summed E-state index contributed by atoms with van der Waals surface area (Å²) in [6.07, 6.45) is 2.15. The van der Waals surface area contributed by atoms with E-state index in [0.717, 1.165) is 30.2 Å². The minimum Gasteiger partial charge on any atom is -0.376 e. The summed E-state index contributed by atoms with van der Waals surface area (Å²) in [5.74, 6) is -1.74. The first-order valence-electron chi connectivity index (χ1n) is 9.64. The summed E-state index contributed by atoms with van der Waals surface area (Å²) in [4.78, 5) is 13.9. The van der Waals surface area contributed by atoms with Gasteiger partial charge in [-0.05, 0) is 48.6 Å². The van der Waals surface area contributed by atoms with Gasteiger partial charge in [-0.1, -0.05) is 29.6 Å². The van der Waals surface area contributed by atoms with Crippen LogP contribution in [0.1, 0.15) is 12.8 Å². The molecule has 3 heterocycles. The second kappa shape index (κ2) is 10.6. The zero-order valence-electron chi connectivity index (χ0n) is 16.4. The monoisotopic (exact) mass is 482 g/mol. The van der Waals surface area contributed by atoms with E-state index in [2.05, 4.69) is 15.5 Å². The lowest BCUT2D eigenvalue weighted by Gasteiger charge is -2.14. The topological polar surface area (TPSA) is 69.0 Å². The number of amides is 1. The predicted molar refractivity (Wildman–Crippen MR) is 120 cm³/mol. The summed E-state index contributed by atoms with van der Waals surface area (Å²) in [7, 11) is 0. The van der Waals surface area contributed by atoms with Crippen LogP contribution < -0.4 is 5.32 Å². The van der Waals surface area contributed by atoms with Crippen molar-refractivity contribution in [2.75, 3.05) is 17.7 Å². The number of ether oxygens (including phenoxy) is 1. The smallest absolute Gasteiger partial charge is 0.288 e. The number of rotatable bonds is 9. The van der Waals surface area contributed by atoms with Crippen LogP contribution in [-0.4, -0.2) is 44.9 Å². The maximum Gasteiger partial charge on any atom is 0.288 e. The quantitative estimate of drug-likeness (QED) is 0.421. The number of anilines is 1. The lowest BCUT2D eigenvalue weighted by molar-refractivity contribution is -0.113. The first kappa shape index (κ1) is 22.3. The molecule has 0 unspecified atom stereocenters. The number of nitrogens with one attached hydrogen (secondary N) is 1. The number of halogens is 2. The molecule has 0 spiro atoms. The molecule has 1 N–H and O–H groups in total. The van der Waals surface area contributed by atoms with E-state index in [-0.39, 0.29) is 17.8 Å². The van der Waals surface area contributed by atoms with Gasteiger partial charge in [-0.25, -0.2) is 0 Å². The van der Waals surface area contributed by atoms with Crippen LogP contribution in [0.4, 0.5) is 14.5 Å². The lowest BCUT2D eigenvalue weighted by atomic mass is 10.2. The van der Waals surface area contributed by atoms with Gasteiger partial charge in [0.15, 0.2) is 11.0 Å². The average molecular weight is 483 g/mol. The van der Waals surface area contributed by atoms with Crippen molar-refractivity contribution < 1.29 is 18.3 Å². The minimum absolute atomic E-state index is 0.118. The van der Waals surface area contributed by atoms with Crippen LogP contribution in [-0.2, 0) is 16.1 Å². The molecule has 0 radical (unpaired) electrons. The third-order valence-corrected chi connectivity index (χ3v) is 7.12. The van der Waals surface area contributed by atoms with Gasteiger partial charge in [0.2, 0.25) is 5.91 Å². The van der Waals surface area contributed by atoms with Crippen LogP contribution in [0.2, 0.25) is 0 Å². The molecule has 6 nitrogen and oxygen atoms in total. The van der Waals surface area contributed by atoms with Crippen LogP contribution in [0, 0.1) is 0 Å². The first-order chi connectivity index (χ1) is 15.1. The van der Waals surface area contributed by atoms with Gasteiger partial charge in [0.25, 0.3) is 5.76 Å². The Morgan fingerprint density at radius 2 is 2.13 bits per heavy atom. The molecule has 0 aliphatic carbocycles. The largest absolute Gasteiger partial charge is 0.376 e. The summed E-state index contributed by atoms with van der Waals surface area (Å²) in [6, 6.07) is 10.3. The van der Waals surface area contributed by atoms with Crippen molar-refractivity contribution in [3.8, 4) is 10.7 Å². The van der Waals surface area contributed by atoms with Gasteiger partial charge in [0.1, 0.15) is 0 Å². The molecule has 31 heavy (non-hydrogen) atoms. The van der Waals surface area contributed by atoms with Gasteiger partial charge in [-0.15, -0.1) is 21.5 Å². The predicted octanol–water partition coefficient (Wildman–Crippen LogP) is 5.23. The molecule has 1 amide bonds. The Morgan fingerprint density at radius 1 is 1.29 bits per heavy atom. The van der Waals surface area contributed by atoms with E-state index >= 15 is 0 Å². The van der Waals surface area contributed by atoms with Crippen molar-refractivity contribution in [3.63, 3.8) is 0 Å². The van der Waals surface area contributed by atoms with E-state index in [9.17, 15) is 13.6 Å². The zero-order valence-corrected chi connectivity index (χ0v) is 18.8. The van der Waals surface area contributed by atoms with Gasteiger partial charge in [0.05, 0.1) is 23.3 Å². The van der Waals surface area contributed by atoms with Gasteiger partial charge >= 0.3 is 0 Å². The molecular formula is C20H20F2N4O2S3. The number of hydrogen-bond acceptors (Lipinski definition) is 7. The Labute approximate surface area is 190 Å². The number of thiophene rings is 1. The third-order valence-electron chi connectivity index (χ3n) is 4.56. The molecule has 1 aromatic carbocycles. The molecule has 0 bridgehead atoms. The van der Waals surface area contributed by atoms with E-state index < -0.39 is 5.76 Å². The molecule has 1 fully saturated rings. The van der Waals surface area contributed by atoms with Gasteiger partial charge in [-0.3, -0.25) is 9.36 Å². The first-order valence-corrected chi connectivity index (χ1v) is 12.4. The van der Waals surface area contributed by atoms with Gasteiger partial charge < -0.3 is 10.1 Å². The fraction of sp³-hybridized carbons (Fsp3) is 0.350. The van der Waals surface area contributed by atoms with Crippen molar-refractivity contribution in [1.29, 1.82) is 0 Å². The number of carbonyl (C=O) groups is 1. The van der Waals surface area contributed by atoms with E-state index in [1.807, 2.05) is 22.1 Å².